The molecule has 8 heteroatoms. The number of amides is 1. The zero-order valence-electron chi connectivity index (χ0n) is 15.9. The lowest BCUT2D eigenvalue weighted by Crippen LogP contribution is -2.22. The highest BCUT2D eigenvalue weighted by Crippen LogP contribution is 2.34. The normalized spacial score (nSPS) is 11.3. The molecule has 0 spiro atoms. The predicted octanol–water partition coefficient (Wildman–Crippen LogP) is 7.33. The monoisotopic (exact) mass is 485 g/mol. The second-order valence-electron chi connectivity index (χ2n) is 7.00. The number of hydrogen-bond donors (Lipinski definition) is 2. The number of nitrogens with one attached hydrogen (secondary N) is 2. The Labute approximate surface area is 196 Å². The number of hydrogen-bond acceptors (Lipinski definition) is 3. The van der Waals surface area contributed by atoms with Crippen LogP contribution >= 0.6 is 46.1 Å². The molecule has 0 bridgehead atoms. The van der Waals surface area contributed by atoms with E-state index in [0.717, 1.165) is 26.7 Å². The van der Waals surface area contributed by atoms with Crippen LogP contribution in [0.4, 0.5) is 0 Å². The molecule has 5 aromatic rings. The van der Waals surface area contributed by atoms with Crippen molar-refractivity contribution in [3.8, 4) is 11.4 Å². The van der Waals surface area contributed by atoms with Crippen molar-refractivity contribution in [3.05, 3.63) is 86.2 Å². The Morgan fingerprint density at radius 3 is 2.65 bits per heavy atom. The van der Waals surface area contributed by atoms with Gasteiger partial charge >= 0.3 is 0 Å². The Kier molecular flexibility index (Phi) is 5.36. The van der Waals surface area contributed by atoms with E-state index in [2.05, 4.69) is 15.3 Å². The summed E-state index contributed by atoms with van der Waals surface area (Å²) in [6.45, 7) is 0.417. The Bertz CT molecular complexity index is 1440. The number of benzene rings is 3. The van der Waals surface area contributed by atoms with Gasteiger partial charge in [0.25, 0.3) is 5.91 Å². The fraction of sp³-hybridized carbons (Fsp3) is 0.0435. The summed E-state index contributed by atoms with van der Waals surface area (Å²) >= 11 is 20.3. The minimum atomic E-state index is -0.171. The first-order valence-electron chi connectivity index (χ1n) is 9.37. The van der Waals surface area contributed by atoms with E-state index in [1.807, 2.05) is 23.6 Å². The molecule has 0 aliphatic rings. The van der Waals surface area contributed by atoms with Crippen LogP contribution < -0.4 is 5.32 Å². The first-order chi connectivity index (χ1) is 15.0. The van der Waals surface area contributed by atoms with Crippen molar-refractivity contribution in [3.63, 3.8) is 0 Å². The average Bonchev–Trinajstić information content (AvgIpc) is 3.34. The van der Waals surface area contributed by atoms with Gasteiger partial charge in [0.15, 0.2) is 0 Å². The minimum Gasteiger partial charge on any atom is -0.348 e. The molecule has 31 heavy (non-hydrogen) atoms. The number of halogens is 3. The highest BCUT2D eigenvalue weighted by Gasteiger charge is 2.15. The molecule has 0 aliphatic heterocycles. The van der Waals surface area contributed by atoms with E-state index in [9.17, 15) is 4.79 Å². The maximum Gasteiger partial charge on any atom is 0.251 e. The van der Waals surface area contributed by atoms with Gasteiger partial charge in [0.05, 0.1) is 26.6 Å². The zero-order chi connectivity index (χ0) is 21.5. The summed E-state index contributed by atoms with van der Waals surface area (Å²) in [5.74, 6) is 0.389. The number of aromatic nitrogens is 2. The third-order valence-electron chi connectivity index (χ3n) is 5.00. The van der Waals surface area contributed by atoms with Crippen LogP contribution in [-0.2, 0) is 6.54 Å². The van der Waals surface area contributed by atoms with E-state index in [1.54, 1.807) is 47.7 Å². The van der Waals surface area contributed by atoms with E-state index in [1.165, 1.54) is 0 Å². The number of rotatable bonds is 4. The number of carbonyl (C=O) groups excluding carboxylic acids is 1. The van der Waals surface area contributed by atoms with E-state index >= 15 is 0 Å². The van der Waals surface area contributed by atoms with Crippen molar-refractivity contribution in [2.75, 3.05) is 0 Å². The van der Waals surface area contributed by atoms with Crippen molar-refractivity contribution in [1.29, 1.82) is 0 Å². The molecule has 154 valence electrons. The third-order valence-corrected chi connectivity index (χ3v) is 6.88. The number of imidazole rings is 1. The standard InChI is InChI=1S/C23H14Cl3N3OS/c24-14-5-7-20-15(9-14)13(11-31-20)10-27-23(30)12-4-6-18-19(8-12)29-22(28-18)21-16(25)2-1-3-17(21)26/h1-9,11H,10H2,(H,27,30)(H,28,29). The topological polar surface area (TPSA) is 57.8 Å². The van der Waals surface area contributed by atoms with Crippen LogP contribution in [0.5, 0.6) is 0 Å². The van der Waals surface area contributed by atoms with Gasteiger partial charge in [-0.2, -0.15) is 0 Å². The SMILES string of the molecule is O=C(NCc1csc2ccc(Cl)cc12)c1ccc2nc(-c3c(Cl)cccc3Cl)[nH]c2c1. The molecule has 2 N–H and O–H groups in total. The van der Waals surface area contributed by atoms with Gasteiger partial charge in [0, 0.05) is 21.8 Å². The van der Waals surface area contributed by atoms with Gasteiger partial charge in [-0.15, -0.1) is 11.3 Å². The number of fused-ring (bicyclic) bond motifs is 2. The summed E-state index contributed by atoms with van der Waals surface area (Å²) in [6.07, 6.45) is 0. The molecule has 4 nitrogen and oxygen atoms in total. The first kappa shape index (κ1) is 20.3. The van der Waals surface area contributed by atoms with Gasteiger partial charge in [-0.3, -0.25) is 4.79 Å². The van der Waals surface area contributed by atoms with Gasteiger partial charge in [0.2, 0.25) is 0 Å². The van der Waals surface area contributed by atoms with Gasteiger partial charge in [-0.1, -0.05) is 40.9 Å². The number of carbonyl (C=O) groups is 1. The van der Waals surface area contributed by atoms with Crippen LogP contribution in [0.3, 0.4) is 0 Å². The van der Waals surface area contributed by atoms with Gasteiger partial charge in [0.1, 0.15) is 5.82 Å². The Morgan fingerprint density at radius 1 is 1.03 bits per heavy atom. The molecule has 0 unspecified atom stereocenters. The van der Waals surface area contributed by atoms with Gasteiger partial charge in [-0.25, -0.2) is 4.98 Å². The number of H-pyrrole nitrogens is 1. The molecule has 2 aromatic heterocycles. The van der Waals surface area contributed by atoms with Crippen LogP contribution in [0, 0.1) is 0 Å². The Hall–Kier alpha value is -2.57. The highest BCUT2D eigenvalue weighted by molar-refractivity contribution is 7.17. The van der Waals surface area contributed by atoms with Crippen LogP contribution in [-0.4, -0.2) is 15.9 Å². The maximum atomic E-state index is 12.8. The summed E-state index contributed by atoms with van der Waals surface area (Å²) in [5, 5.41) is 7.77. The molecule has 0 saturated heterocycles. The smallest absolute Gasteiger partial charge is 0.251 e. The molecular weight excluding hydrogens is 473 g/mol. The van der Waals surface area contributed by atoms with E-state index in [4.69, 9.17) is 34.8 Å². The lowest BCUT2D eigenvalue weighted by Gasteiger charge is -2.05. The number of nitrogens with zero attached hydrogens (tertiary/aromatic N) is 1. The molecule has 5 rings (SSSR count). The molecule has 2 heterocycles. The summed E-state index contributed by atoms with van der Waals surface area (Å²) in [6, 6.07) is 16.4. The minimum absolute atomic E-state index is 0.171. The number of aromatic amines is 1. The van der Waals surface area contributed by atoms with Crippen molar-refractivity contribution in [2.24, 2.45) is 0 Å². The molecular formula is C23H14Cl3N3OS. The number of thiophene rings is 1. The van der Waals surface area contributed by atoms with Crippen LogP contribution in [0.1, 0.15) is 15.9 Å². The molecule has 0 radical (unpaired) electrons. The van der Waals surface area contributed by atoms with Crippen LogP contribution in [0.25, 0.3) is 32.5 Å². The molecule has 0 saturated carbocycles. The average molecular weight is 487 g/mol. The van der Waals surface area contributed by atoms with Gasteiger partial charge in [-0.05, 0) is 64.9 Å². The highest BCUT2D eigenvalue weighted by atomic mass is 35.5. The van der Waals surface area contributed by atoms with Crippen LogP contribution in [0.2, 0.25) is 15.1 Å². The Balaban J connectivity index is 1.39. The fourth-order valence-electron chi connectivity index (χ4n) is 3.46. The van der Waals surface area contributed by atoms with Crippen molar-refractivity contribution in [1.82, 2.24) is 15.3 Å². The van der Waals surface area contributed by atoms with E-state index in [-0.39, 0.29) is 5.91 Å². The fourth-order valence-corrected chi connectivity index (χ4v) is 5.15. The molecule has 1 amide bonds. The second kappa shape index (κ2) is 8.17. The quantitative estimate of drug-likeness (QED) is 0.279. The van der Waals surface area contributed by atoms with Crippen molar-refractivity contribution in [2.45, 2.75) is 6.54 Å². The maximum absolute atomic E-state index is 12.8. The Morgan fingerprint density at radius 2 is 1.84 bits per heavy atom. The van der Waals surface area contributed by atoms with E-state index < -0.39 is 0 Å². The van der Waals surface area contributed by atoms with Gasteiger partial charge < -0.3 is 10.3 Å². The van der Waals surface area contributed by atoms with Crippen LogP contribution in [0.15, 0.2) is 60.0 Å². The summed E-state index contributed by atoms with van der Waals surface area (Å²) < 4.78 is 1.14. The summed E-state index contributed by atoms with van der Waals surface area (Å²) in [4.78, 5) is 20.5. The first-order valence-corrected chi connectivity index (χ1v) is 11.4. The zero-order valence-corrected chi connectivity index (χ0v) is 19.0. The predicted molar refractivity (Wildman–Crippen MR) is 130 cm³/mol. The molecule has 0 fully saturated rings. The molecule has 3 aromatic carbocycles. The largest absolute Gasteiger partial charge is 0.348 e. The van der Waals surface area contributed by atoms with Crippen molar-refractivity contribution < 1.29 is 4.79 Å². The lowest BCUT2D eigenvalue weighted by atomic mass is 10.1. The summed E-state index contributed by atoms with van der Waals surface area (Å²) in [7, 11) is 0. The second-order valence-corrected chi connectivity index (χ2v) is 9.16. The molecule has 0 aliphatic carbocycles. The molecule has 0 atom stereocenters. The summed E-state index contributed by atoms with van der Waals surface area (Å²) in [5.41, 5.74) is 3.66. The lowest BCUT2D eigenvalue weighted by molar-refractivity contribution is 0.0951. The van der Waals surface area contributed by atoms with Crippen molar-refractivity contribution >= 4 is 73.2 Å². The van der Waals surface area contributed by atoms with E-state index in [0.29, 0.717) is 38.6 Å². The third kappa shape index (κ3) is 3.90.